The summed E-state index contributed by atoms with van der Waals surface area (Å²) in [5.74, 6) is 0.0297. The Hall–Kier alpha value is -2.02. The molecule has 1 saturated carbocycles. The van der Waals surface area contributed by atoms with Gasteiger partial charge in [-0.3, -0.25) is 9.59 Å². The van der Waals surface area contributed by atoms with Crippen LogP contribution in [-0.4, -0.2) is 48.3 Å². The van der Waals surface area contributed by atoms with E-state index in [-0.39, 0.29) is 42.4 Å². The quantitative estimate of drug-likeness (QED) is 0.158. The monoisotopic (exact) mass is 512 g/mol. The number of benzene rings is 1. The van der Waals surface area contributed by atoms with Crippen LogP contribution < -0.4 is 4.74 Å². The van der Waals surface area contributed by atoms with Crippen molar-refractivity contribution in [3.63, 3.8) is 0 Å². The van der Waals surface area contributed by atoms with Crippen LogP contribution in [0, 0.1) is 11.8 Å². The van der Waals surface area contributed by atoms with Crippen molar-refractivity contribution in [1.82, 2.24) is 0 Å². The van der Waals surface area contributed by atoms with Crippen LogP contribution in [0.15, 0.2) is 43.0 Å². The van der Waals surface area contributed by atoms with Crippen LogP contribution in [0.4, 0.5) is 0 Å². The molecule has 0 saturated heterocycles. The molecule has 6 nitrogen and oxygen atoms in total. The molecule has 0 unspecified atom stereocenters. The molecule has 0 heterocycles. The van der Waals surface area contributed by atoms with Crippen LogP contribution in [0.3, 0.4) is 0 Å². The highest BCUT2D eigenvalue weighted by Crippen LogP contribution is 2.39. The topological polar surface area (TPSA) is 82.1 Å². The normalized spacial score (nSPS) is 22.0. The Labute approximate surface area is 211 Å². The average molecular weight is 513 g/mol. The zero-order valence-electron chi connectivity index (χ0n) is 19.6. The summed E-state index contributed by atoms with van der Waals surface area (Å²) in [7, 11) is 0. The van der Waals surface area contributed by atoms with Crippen LogP contribution >= 0.6 is 23.2 Å². The van der Waals surface area contributed by atoms with E-state index in [1.165, 1.54) is 6.92 Å². The molecule has 1 aromatic carbocycles. The van der Waals surface area contributed by atoms with Crippen molar-refractivity contribution in [1.29, 1.82) is 0 Å². The largest absolute Gasteiger partial charge is 0.493 e. The first-order valence-electron chi connectivity index (χ1n) is 11.6. The third kappa shape index (κ3) is 10.1. The number of hydrogen-bond donors (Lipinski definition) is 1. The summed E-state index contributed by atoms with van der Waals surface area (Å²) in [5.41, 5.74) is 0.902. The number of unbranched alkanes of at least 4 members (excludes halogenated alkanes) is 1. The molecule has 0 aliphatic heterocycles. The molecule has 2 rings (SSSR count). The van der Waals surface area contributed by atoms with Crippen LogP contribution in [0.5, 0.6) is 5.75 Å². The number of carbonyl (C=O) groups excluding carboxylic acids is 2. The molecule has 1 N–H and O–H groups in total. The van der Waals surface area contributed by atoms with Crippen molar-refractivity contribution in [3.05, 3.63) is 53.6 Å². The molecule has 4 atom stereocenters. The third-order valence-corrected chi connectivity index (χ3v) is 6.45. The highest BCUT2D eigenvalue weighted by atomic mass is 35.5. The number of hydrogen-bond acceptors (Lipinski definition) is 6. The van der Waals surface area contributed by atoms with E-state index >= 15 is 0 Å². The Morgan fingerprint density at radius 1 is 1.21 bits per heavy atom. The fourth-order valence-electron chi connectivity index (χ4n) is 4.00. The maximum atomic E-state index is 11.5. The summed E-state index contributed by atoms with van der Waals surface area (Å²) < 4.78 is 15.9. The number of halogens is 2. The average Bonchev–Trinajstić information content (AvgIpc) is 3.04. The maximum Gasteiger partial charge on any atom is 0.306 e. The van der Waals surface area contributed by atoms with E-state index in [0.717, 1.165) is 18.4 Å². The molecule has 0 radical (unpaired) electrons. The number of esters is 2. The smallest absolute Gasteiger partial charge is 0.306 e. The standard InChI is InChI=1S/C26H34Cl2O6/c1-3-11-33-26(31)9-7-5-4-6-8-22-23(25(30)16-24(22)28)17-34-21-14-19(13-20(27)15-21)10-12-32-18(2)29/h3-4,6,13-15,22-25,30H,1,5,7-12,16-17H2,2H3/t22-,23-,24-,25-/m1/s1. The minimum absolute atomic E-state index is 0.0769. The van der Waals surface area contributed by atoms with E-state index < -0.39 is 6.10 Å². The number of carbonyl (C=O) groups is 2. The Morgan fingerprint density at radius 2 is 2.00 bits per heavy atom. The lowest BCUT2D eigenvalue weighted by molar-refractivity contribution is -0.142. The molecule has 1 aliphatic rings. The number of aliphatic hydroxyl groups excluding tert-OH is 1. The number of rotatable bonds is 14. The van der Waals surface area contributed by atoms with E-state index in [9.17, 15) is 14.7 Å². The Morgan fingerprint density at radius 3 is 2.74 bits per heavy atom. The van der Waals surface area contributed by atoms with Gasteiger partial charge in [-0.25, -0.2) is 0 Å². The van der Waals surface area contributed by atoms with Gasteiger partial charge in [-0.2, -0.15) is 0 Å². The highest BCUT2D eigenvalue weighted by molar-refractivity contribution is 6.30. The highest BCUT2D eigenvalue weighted by Gasteiger charge is 2.41. The predicted octanol–water partition coefficient (Wildman–Crippen LogP) is 5.27. The van der Waals surface area contributed by atoms with E-state index in [1.54, 1.807) is 12.1 Å². The summed E-state index contributed by atoms with van der Waals surface area (Å²) in [5, 5.41) is 10.9. The second kappa shape index (κ2) is 15.1. The Balaban J connectivity index is 1.84. The van der Waals surface area contributed by atoms with Crippen molar-refractivity contribution >= 4 is 35.1 Å². The lowest BCUT2D eigenvalue weighted by Gasteiger charge is -2.23. The second-order valence-electron chi connectivity index (χ2n) is 8.41. The van der Waals surface area contributed by atoms with Gasteiger partial charge in [0.1, 0.15) is 12.4 Å². The van der Waals surface area contributed by atoms with Crippen molar-refractivity contribution in [2.45, 2.75) is 56.9 Å². The maximum absolute atomic E-state index is 11.5. The van der Waals surface area contributed by atoms with Gasteiger partial charge in [-0.05, 0) is 55.4 Å². The van der Waals surface area contributed by atoms with Gasteiger partial charge in [0.05, 0.1) is 19.3 Å². The summed E-state index contributed by atoms with van der Waals surface area (Å²) >= 11 is 12.8. The Kier molecular flexibility index (Phi) is 12.5. The lowest BCUT2D eigenvalue weighted by atomic mass is 9.92. The number of alkyl halides is 1. The van der Waals surface area contributed by atoms with E-state index in [1.807, 2.05) is 18.2 Å². The third-order valence-electron chi connectivity index (χ3n) is 5.73. The fourth-order valence-corrected chi connectivity index (χ4v) is 4.72. The summed E-state index contributed by atoms with van der Waals surface area (Å²) in [4.78, 5) is 22.5. The molecule has 0 spiro atoms. The van der Waals surface area contributed by atoms with Gasteiger partial charge in [-0.15, -0.1) is 11.6 Å². The molecular weight excluding hydrogens is 479 g/mol. The van der Waals surface area contributed by atoms with Gasteiger partial charge in [0.2, 0.25) is 0 Å². The van der Waals surface area contributed by atoms with Crippen molar-refractivity contribution in [2.24, 2.45) is 11.8 Å². The molecule has 34 heavy (non-hydrogen) atoms. The number of aliphatic hydroxyl groups is 1. The van der Waals surface area contributed by atoms with Crippen LogP contribution in [-0.2, 0) is 25.5 Å². The summed E-state index contributed by atoms with van der Waals surface area (Å²) in [6, 6.07) is 5.40. The molecule has 188 valence electrons. The summed E-state index contributed by atoms with van der Waals surface area (Å²) in [6.45, 7) is 5.72. The predicted molar refractivity (Wildman–Crippen MR) is 133 cm³/mol. The SMILES string of the molecule is C=CCOC(=O)CCCC=CC[C@@H]1[C@@H](COc2cc(Cl)cc(CCOC(C)=O)c2)[C@H](O)C[C@H]1Cl. The molecule has 1 aliphatic carbocycles. The first-order valence-corrected chi connectivity index (χ1v) is 12.4. The van der Waals surface area contributed by atoms with E-state index in [4.69, 9.17) is 37.4 Å². The Bertz CT molecular complexity index is 841. The first-order chi connectivity index (χ1) is 16.3. The zero-order chi connectivity index (χ0) is 24.9. The van der Waals surface area contributed by atoms with Gasteiger partial charge in [0, 0.05) is 36.1 Å². The van der Waals surface area contributed by atoms with E-state index in [0.29, 0.717) is 43.1 Å². The molecular formula is C26H34Cl2O6. The number of allylic oxidation sites excluding steroid dienone is 2. The van der Waals surface area contributed by atoms with Gasteiger partial charge in [0.15, 0.2) is 0 Å². The first kappa shape index (κ1) is 28.2. The van der Waals surface area contributed by atoms with Crippen LogP contribution in [0.1, 0.15) is 44.6 Å². The zero-order valence-corrected chi connectivity index (χ0v) is 21.1. The summed E-state index contributed by atoms with van der Waals surface area (Å²) in [6.07, 6.45) is 8.75. The van der Waals surface area contributed by atoms with Gasteiger partial charge in [-0.1, -0.05) is 36.4 Å². The molecule has 8 heteroatoms. The molecule has 0 aromatic heterocycles. The molecule has 1 fully saturated rings. The molecule has 1 aromatic rings. The van der Waals surface area contributed by atoms with Crippen LogP contribution in [0.2, 0.25) is 5.02 Å². The van der Waals surface area contributed by atoms with Crippen molar-refractivity contribution in [2.75, 3.05) is 19.8 Å². The van der Waals surface area contributed by atoms with Gasteiger partial charge >= 0.3 is 11.9 Å². The minimum atomic E-state index is -0.539. The van der Waals surface area contributed by atoms with Crippen molar-refractivity contribution < 1.29 is 28.9 Å². The molecule has 0 bridgehead atoms. The lowest BCUT2D eigenvalue weighted by Crippen LogP contribution is -2.27. The van der Waals surface area contributed by atoms with Gasteiger partial charge in [0.25, 0.3) is 0 Å². The van der Waals surface area contributed by atoms with Gasteiger partial charge < -0.3 is 19.3 Å². The minimum Gasteiger partial charge on any atom is -0.493 e. The van der Waals surface area contributed by atoms with Crippen LogP contribution in [0.25, 0.3) is 0 Å². The number of ether oxygens (including phenoxy) is 3. The molecule has 0 amide bonds. The second-order valence-corrected chi connectivity index (χ2v) is 9.41. The van der Waals surface area contributed by atoms with Crippen molar-refractivity contribution in [3.8, 4) is 5.75 Å². The fraction of sp³-hybridized carbons (Fsp3) is 0.538. The van der Waals surface area contributed by atoms with E-state index in [2.05, 4.69) is 12.7 Å².